The van der Waals surface area contributed by atoms with Crippen LogP contribution in [0.2, 0.25) is 0 Å². The molecule has 0 bridgehead atoms. The quantitative estimate of drug-likeness (QED) is 0.881. The number of methoxy groups -OCH3 is 1. The number of ether oxygens (including phenoxy) is 1. The van der Waals surface area contributed by atoms with Crippen LogP contribution in [0.5, 0.6) is 0 Å². The standard InChI is InChI=1S/C13H15NOS/c1-15-9-10-3-2-4-11(7-10)13-6-5-12(8-14)16-13/h2-7H,8-9,14H2,1H3. The number of benzene rings is 1. The van der Waals surface area contributed by atoms with Crippen molar-refractivity contribution in [2.45, 2.75) is 13.2 Å². The second-order valence-corrected chi connectivity index (χ2v) is 4.77. The molecule has 0 spiro atoms. The molecule has 2 nitrogen and oxygen atoms in total. The van der Waals surface area contributed by atoms with Crippen molar-refractivity contribution >= 4 is 11.3 Å². The van der Waals surface area contributed by atoms with Gasteiger partial charge in [-0.2, -0.15) is 0 Å². The Morgan fingerprint density at radius 1 is 1.25 bits per heavy atom. The highest BCUT2D eigenvalue weighted by Crippen LogP contribution is 2.28. The molecule has 0 saturated carbocycles. The van der Waals surface area contributed by atoms with Gasteiger partial charge in [0, 0.05) is 23.4 Å². The van der Waals surface area contributed by atoms with Crippen LogP contribution in [0.15, 0.2) is 36.4 Å². The van der Waals surface area contributed by atoms with Gasteiger partial charge < -0.3 is 10.5 Å². The summed E-state index contributed by atoms with van der Waals surface area (Å²) in [6.07, 6.45) is 0. The second-order valence-electron chi connectivity index (χ2n) is 3.60. The van der Waals surface area contributed by atoms with Gasteiger partial charge in [-0.25, -0.2) is 0 Å². The van der Waals surface area contributed by atoms with Gasteiger partial charge >= 0.3 is 0 Å². The van der Waals surface area contributed by atoms with Crippen LogP contribution in [0.25, 0.3) is 10.4 Å². The molecule has 0 radical (unpaired) electrons. The van der Waals surface area contributed by atoms with E-state index in [-0.39, 0.29) is 0 Å². The van der Waals surface area contributed by atoms with Gasteiger partial charge in [-0.15, -0.1) is 11.3 Å². The molecule has 0 unspecified atom stereocenters. The van der Waals surface area contributed by atoms with Crippen molar-refractivity contribution < 1.29 is 4.74 Å². The number of thiophene rings is 1. The van der Waals surface area contributed by atoms with Gasteiger partial charge in [0.05, 0.1) is 6.61 Å². The molecule has 0 fully saturated rings. The van der Waals surface area contributed by atoms with E-state index in [0.29, 0.717) is 13.2 Å². The molecule has 0 aliphatic rings. The number of hydrogen-bond acceptors (Lipinski definition) is 3. The highest BCUT2D eigenvalue weighted by molar-refractivity contribution is 7.15. The molecular weight excluding hydrogens is 218 g/mol. The summed E-state index contributed by atoms with van der Waals surface area (Å²) in [5.41, 5.74) is 8.04. The Morgan fingerprint density at radius 2 is 2.12 bits per heavy atom. The predicted octanol–water partition coefficient (Wildman–Crippen LogP) is 3.02. The normalized spacial score (nSPS) is 10.6. The Hall–Kier alpha value is -1.16. The Labute approximate surface area is 99.7 Å². The van der Waals surface area contributed by atoms with E-state index in [2.05, 4.69) is 36.4 Å². The van der Waals surface area contributed by atoms with Crippen molar-refractivity contribution in [3.8, 4) is 10.4 Å². The third kappa shape index (κ3) is 2.50. The number of nitrogens with two attached hydrogens (primary N) is 1. The van der Waals surface area contributed by atoms with Crippen molar-refractivity contribution in [2.24, 2.45) is 5.73 Å². The fraction of sp³-hybridized carbons (Fsp3) is 0.231. The van der Waals surface area contributed by atoms with Crippen LogP contribution < -0.4 is 5.73 Å². The molecule has 0 atom stereocenters. The van der Waals surface area contributed by atoms with Crippen molar-refractivity contribution in [1.29, 1.82) is 0 Å². The van der Waals surface area contributed by atoms with E-state index >= 15 is 0 Å². The summed E-state index contributed by atoms with van der Waals surface area (Å²) in [7, 11) is 1.71. The first kappa shape index (κ1) is 11.3. The van der Waals surface area contributed by atoms with Crippen LogP contribution in [0.3, 0.4) is 0 Å². The van der Waals surface area contributed by atoms with Crippen molar-refractivity contribution in [3.63, 3.8) is 0 Å². The van der Waals surface area contributed by atoms with E-state index in [0.717, 1.165) is 0 Å². The molecule has 0 aliphatic carbocycles. The van der Waals surface area contributed by atoms with E-state index in [9.17, 15) is 0 Å². The maximum atomic E-state index is 5.61. The van der Waals surface area contributed by atoms with E-state index in [1.165, 1.54) is 20.9 Å². The second kappa shape index (κ2) is 5.25. The lowest BCUT2D eigenvalue weighted by atomic mass is 10.1. The fourth-order valence-corrected chi connectivity index (χ4v) is 2.51. The van der Waals surface area contributed by atoms with Crippen molar-refractivity contribution in [1.82, 2.24) is 0 Å². The summed E-state index contributed by atoms with van der Waals surface area (Å²) >= 11 is 1.75. The van der Waals surface area contributed by atoms with Gasteiger partial charge in [-0.1, -0.05) is 18.2 Å². The van der Waals surface area contributed by atoms with Gasteiger partial charge in [0.25, 0.3) is 0 Å². The molecule has 1 heterocycles. The maximum Gasteiger partial charge on any atom is 0.0713 e. The zero-order valence-electron chi connectivity index (χ0n) is 9.27. The van der Waals surface area contributed by atoms with E-state index in [1.807, 2.05) is 0 Å². The highest BCUT2D eigenvalue weighted by Gasteiger charge is 2.02. The van der Waals surface area contributed by atoms with Crippen LogP contribution >= 0.6 is 11.3 Å². The van der Waals surface area contributed by atoms with Crippen LogP contribution in [0, 0.1) is 0 Å². The monoisotopic (exact) mass is 233 g/mol. The van der Waals surface area contributed by atoms with Crippen molar-refractivity contribution in [3.05, 3.63) is 46.8 Å². The largest absolute Gasteiger partial charge is 0.380 e. The summed E-state index contributed by atoms with van der Waals surface area (Å²) in [6.45, 7) is 1.27. The number of rotatable bonds is 4. The Morgan fingerprint density at radius 3 is 2.81 bits per heavy atom. The molecular formula is C13H15NOS. The minimum absolute atomic E-state index is 0.614. The first-order valence-electron chi connectivity index (χ1n) is 5.20. The minimum atomic E-state index is 0.614. The molecule has 2 aromatic rings. The molecule has 3 heteroatoms. The van der Waals surface area contributed by atoms with Crippen LogP contribution in [-0.2, 0) is 17.9 Å². The molecule has 16 heavy (non-hydrogen) atoms. The summed E-state index contributed by atoms with van der Waals surface area (Å²) in [6, 6.07) is 12.6. The third-order valence-electron chi connectivity index (χ3n) is 2.39. The summed E-state index contributed by atoms with van der Waals surface area (Å²) in [5, 5.41) is 0. The lowest BCUT2D eigenvalue weighted by Crippen LogP contribution is -1.91. The molecule has 1 aromatic carbocycles. The molecule has 2 N–H and O–H groups in total. The van der Waals surface area contributed by atoms with Gasteiger partial charge in [-0.3, -0.25) is 0 Å². The molecule has 2 rings (SSSR count). The first-order valence-corrected chi connectivity index (χ1v) is 6.02. The summed E-state index contributed by atoms with van der Waals surface area (Å²) in [4.78, 5) is 2.48. The SMILES string of the molecule is COCc1cccc(-c2ccc(CN)s2)c1. The zero-order valence-corrected chi connectivity index (χ0v) is 10.1. The Balaban J connectivity index is 2.28. The van der Waals surface area contributed by atoms with Gasteiger partial charge in [0.2, 0.25) is 0 Å². The van der Waals surface area contributed by atoms with Gasteiger partial charge in [0.1, 0.15) is 0 Å². The van der Waals surface area contributed by atoms with Crippen LogP contribution in [0.4, 0.5) is 0 Å². The lowest BCUT2D eigenvalue weighted by molar-refractivity contribution is 0.185. The highest BCUT2D eigenvalue weighted by atomic mass is 32.1. The van der Waals surface area contributed by atoms with E-state index in [4.69, 9.17) is 10.5 Å². The minimum Gasteiger partial charge on any atom is -0.380 e. The first-order chi connectivity index (χ1) is 7.83. The van der Waals surface area contributed by atoms with Crippen molar-refractivity contribution in [2.75, 3.05) is 7.11 Å². The smallest absolute Gasteiger partial charge is 0.0713 e. The zero-order chi connectivity index (χ0) is 11.4. The predicted molar refractivity (Wildman–Crippen MR) is 68.4 cm³/mol. The molecule has 0 aliphatic heterocycles. The topological polar surface area (TPSA) is 35.2 Å². The average Bonchev–Trinajstić information content (AvgIpc) is 2.78. The summed E-state index contributed by atoms with van der Waals surface area (Å²) < 4.78 is 5.13. The van der Waals surface area contributed by atoms with Gasteiger partial charge in [-0.05, 0) is 29.3 Å². The van der Waals surface area contributed by atoms with Crippen LogP contribution in [0.1, 0.15) is 10.4 Å². The average molecular weight is 233 g/mol. The van der Waals surface area contributed by atoms with E-state index in [1.54, 1.807) is 18.4 Å². The Bertz CT molecular complexity index is 464. The van der Waals surface area contributed by atoms with Crippen LogP contribution in [-0.4, -0.2) is 7.11 Å². The molecule has 1 aromatic heterocycles. The molecule has 0 amide bonds. The van der Waals surface area contributed by atoms with Gasteiger partial charge in [0.15, 0.2) is 0 Å². The lowest BCUT2D eigenvalue weighted by Gasteiger charge is -2.02. The Kier molecular flexibility index (Phi) is 3.72. The van der Waals surface area contributed by atoms with E-state index < -0.39 is 0 Å². The third-order valence-corrected chi connectivity index (χ3v) is 3.54. The molecule has 84 valence electrons. The fourth-order valence-electron chi connectivity index (χ4n) is 1.62. The molecule has 0 saturated heterocycles. The number of hydrogen-bond donors (Lipinski definition) is 1. The summed E-state index contributed by atoms with van der Waals surface area (Å²) in [5.74, 6) is 0. The maximum absolute atomic E-state index is 5.61.